The number of carboxylic acid groups (broad SMARTS) is 1. The molecule has 0 radical (unpaired) electrons. The number of benzene rings is 1. The van der Waals surface area contributed by atoms with Crippen LogP contribution in [0.5, 0.6) is 0 Å². The van der Waals surface area contributed by atoms with Crippen molar-refractivity contribution in [3.63, 3.8) is 0 Å². The Hall–Kier alpha value is -1.50. The summed E-state index contributed by atoms with van der Waals surface area (Å²) < 4.78 is 6.30. The Morgan fingerprint density at radius 3 is 2.94 bits per heavy atom. The van der Waals surface area contributed by atoms with Crippen LogP contribution < -0.4 is 5.32 Å². The first-order chi connectivity index (χ1) is 8.58. The lowest BCUT2D eigenvalue weighted by Crippen LogP contribution is -2.05. The second-order valence-electron chi connectivity index (χ2n) is 3.88. The lowest BCUT2D eigenvalue weighted by Gasteiger charge is -2.09. The summed E-state index contributed by atoms with van der Waals surface area (Å²) in [5.74, 6) is -0.541. The van der Waals surface area contributed by atoms with Crippen LogP contribution in [0, 0.1) is 10.5 Å². The van der Waals surface area contributed by atoms with E-state index >= 15 is 0 Å². The fourth-order valence-electron chi connectivity index (χ4n) is 1.63. The SMILES string of the molecule is Cc1ccc(I)cc1NCc1occc1C(=O)O. The van der Waals surface area contributed by atoms with Crippen LogP contribution in [0.25, 0.3) is 0 Å². The molecule has 18 heavy (non-hydrogen) atoms. The third kappa shape index (κ3) is 2.84. The van der Waals surface area contributed by atoms with Gasteiger partial charge in [0.15, 0.2) is 0 Å². The summed E-state index contributed by atoms with van der Waals surface area (Å²) in [6, 6.07) is 7.52. The highest BCUT2D eigenvalue weighted by Crippen LogP contribution is 2.20. The summed E-state index contributed by atoms with van der Waals surface area (Å²) in [5, 5.41) is 12.2. The molecule has 0 saturated heterocycles. The smallest absolute Gasteiger partial charge is 0.339 e. The van der Waals surface area contributed by atoms with Gasteiger partial charge in [0.05, 0.1) is 12.8 Å². The van der Waals surface area contributed by atoms with E-state index in [0.717, 1.165) is 14.8 Å². The number of carboxylic acids is 1. The molecule has 0 bridgehead atoms. The molecule has 0 aliphatic rings. The summed E-state index contributed by atoms with van der Waals surface area (Å²) >= 11 is 2.24. The predicted octanol–water partition coefficient (Wildman–Crippen LogP) is 3.50. The van der Waals surface area contributed by atoms with E-state index in [1.165, 1.54) is 12.3 Å². The molecule has 5 heteroatoms. The quantitative estimate of drug-likeness (QED) is 0.823. The Morgan fingerprint density at radius 2 is 2.22 bits per heavy atom. The molecule has 0 fully saturated rings. The van der Waals surface area contributed by atoms with Gasteiger partial charge in [0.2, 0.25) is 0 Å². The van der Waals surface area contributed by atoms with Gasteiger partial charge in [-0.2, -0.15) is 0 Å². The molecule has 0 unspecified atom stereocenters. The maximum absolute atomic E-state index is 10.9. The number of nitrogens with one attached hydrogen (secondary N) is 1. The van der Waals surface area contributed by atoms with Crippen molar-refractivity contribution in [3.05, 3.63) is 51.0 Å². The van der Waals surface area contributed by atoms with Crippen LogP contribution >= 0.6 is 22.6 Å². The van der Waals surface area contributed by atoms with Gasteiger partial charge in [0, 0.05) is 9.26 Å². The number of aromatic carboxylic acids is 1. The Morgan fingerprint density at radius 1 is 1.44 bits per heavy atom. The number of aryl methyl sites for hydroxylation is 1. The highest BCUT2D eigenvalue weighted by molar-refractivity contribution is 14.1. The highest BCUT2D eigenvalue weighted by atomic mass is 127. The van der Waals surface area contributed by atoms with Crippen LogP contribution in [0.1, 0.15) is 21.7 Å². The first kappa shape index (κ1) is 12.9. The molecule has 0 amide bonds. The largest absolute Gasteiger partial charge is 0.478 e. The monoisotopic (exact) mass is 357 g/mol. The van der Waals surface area contributed by atoms with E-state index in [4.69, 9.17) is 9.52 Å². The standard InChI is InChI=1S/C13H12INO3/c1-8-2-3-9(14)6-11(8)15-7-12-10(13(16)17)4-5-18-12/h2-6,15H,7H2,1H3,(H,16,17). The summed E-state index contributed by atoms with van der Waals surface area (Å²) in [4.78, 5) is 10.9. The number of furan rings is 1. The van der Waals surface area contributed by atoms with Gasteiger partial charge >= 0.3 is 5.97 Å². The maximum atomic E-state index is 10.9. The molecule has 2 aromatic rings. The van der Waals surface area contributed by atoms with Gasteiger partial charge in [-0.3, -0.25) is 0 Å². The van der Waals surface area contributed by atoms with Crippen molar-refractivity contribution in [3.8, 4) is 0 Å². The first-order valence-electron chi connectivity index (χ1n) is 5.37. The molecule has 0 saturated carbocycles. The zero-order valence-corrected chi connectivity index (χ0v) is 11.9. The summed E-state index contributed by atoms with van der Waals surface area (Å²) in [5.41, 5.74) is 2.29. The highest BCUT2D eigenvalue weighted by Gasteiger charge is 2.13. The fraction of sp³-hybridized carbons (Fsp3) is 0.154. The maximum Gasteiger partial charge on any atom is 0.339 e. The van der Waals surface area contributed by atoms with Crippen LogP contribution in [0.4, 0.5) is 5.69 Å². The Bertz CT molecular complexity index is 577. The zero-order valence-electron chi connectivity index (χ0n) is 9.74. The third-order valence-corrected chi connectivity index (χ3v) is 3.29. The van der Waals surface area contributed by atoms with Crippen molar-refractivity contribution in [2.75, 3.05) is 5.32 Å². The van der Waals surface area contributed by atoms with E-state index < -0.39 is 5.97 Å². The minimum absolute atomic E-state index is 0.200. The summed E-state index contributed by atoms with van der Waals surface area (Å²) in [6.07, 6.45) is 1.39. The van der Waals surface area contributed by atoms with Crippen molar-refractivity contribution in [2.45, 2.75) is 13.5 Å². The van der Waals surface area contributed by atoms with E-state index in [2.05, 4.69) is 27.9 Å². The van der Waals surface area contributed by atoms with E-state index in [9.17, 15) is 4.79 Å². The molecule has 1 aromatic carbocycles. The number of carbonyl (C=O) groups is 1. The molecule has 1 aromatic heterocycles. The van der Waals surface area contributed by atoms with Crippen LogP contribution in [0.2, 0.25) is 0 Å². The normalized spacial score (nSPS) is 10.3. The van der Waals surface area contributed by atoms with E-state index in [1.54, 1.807) is 0 Å². The minimum atomic E-state index is -0.972. The molecule has 0 aliphatic carbocycles. The van der Waals surface area contributed by atoms with Gasteiger partial charge in [-0.15, -0.1) is 0 Å². The van der Waals surface area contributed by atoms with Gasteiger partial charge in [-0.05, 0) is 53.3 Å². The van der Waals surface area contributed by atoms with Crippen LogP contribution in [0.15, 0.2) is 34.9 Å². The number of rotatable bonds is 4. The second-order valence-corrected chi connectivity index (χ2v) is 5.12. The van der Waals surface area contributed by atoms with Crippen LogP contribution in [-0.4, -0.2) is 11.1 Å². The molecule has 1 heterocycles. The topological polar surface area (TPSA) is 62.5 Å². The van der Waals surface area contributed by atoms with Gasteiger partial charge in [0.1, 0.15) is 11.3 Å². The van der Waals surface area contributed by atoms with Crippen LogP contribution in [0.3, 0.4) is 0 Å². The van der Waals surface area contributed by atoms with Gasteiger partial charge < -0.3 is 14.8 Å². The average Bonchev–Trinajstić information content (AvgIpc) is 2.79. The molecule has 2 rings (SSSR count). The Kier molecular flexibility index (Phi) is 3.90. The first-order valence-corrected chi connectivity index (χ1v) is 6.45. The van der Waals surface area contributed by atoms with Crippen molar-refractivity contribution in [2.24, 2.45) is 0 Å². The molecular weight excluding hydrogens is 345 g/mol. The zero-order chi connectivity index (χ0) is 13.1. The van der Waals surface area contributed by atoms with Crippen molar-refractivity contribution in [1.29, 1.82) is 0 Å². The molecule has 2 N–H and O–H groups in total. The van der Waals surface area contributed by atoms with Crippen LogP contribution in [-0.2, 0) is 6.54 Å². The predicted molar refractivity (Wildman–Crippen MR) is 76.9 cm³/mol. The number of anilines is 1. The molecule has 0 spiro atoms. The minimum Gasteiger partial charge on any atom is -0.478 e. The van der Waals surface area contributed by atoms with Gasteiger partial charge in [-0.1, -0.05) is 6.07 Å². The lowest BCUT2D eigenvalue weighted by atomic mass is 10.2. The number of hydrogen-bond acceptors (Lipinski definition) is 3. The van der Waals surface area contributed by atoms with E-state index in [0.29, 0.717) is 12.3 Å². The van der Waals surface area contributed by atoms with E-state index in [-0.39, 0.29) is 5.56 Å². The fourth-order valence-corrected chi connectivity index (χ4v) is 2.12. The molecule has 4 nitrogen and oxygen atoms in total. The molecule has 0 aliphatic heterocycles. The molecular formula is C13H12INO3. The second kappa shape index (κ2) is 5.43. The Balaban J connectivity index is 2.14. The number of hydrogen-bond donors (Lipinski definition) is 2. The molecule has 94 valence electrons. The van der Waals surface area contributed by atoms with E-state index in [1.807, 2.05) is 25.1 Å². The molecule has 0 atom stereocenters. The third-order valence-electron chi connectivity index (χ3n) is 2.61. The van der Waals surface area contributed by atoms with Crippen molar-refractivity contribution in [1.82, 2.24) is 0 Å². The van der Waals surface area contributed by atoms with Crippen molar-refractivity contribution < 1.29 is 14.3 Å². The lowest BCUT2D eigenvalue weighted by molar-refractivity contribution is 0.0694. The van der Waals surface area contributed by atoms with Gasteiger partial charge in [-0.25, -0.2) is 4.79 Å². The van der Waals surface area contributed by atoms with Crippen molar-refractivity contribution >= 4 is 34.2 Å². The summed E-state index contributed by atoms with van der Waals surface area (Å²) in [6.45, 7) is 2.36. The Labute approximate surface area is 118 Å². The average molecular weight is 357 g/mol. The summed E-state index contributed by atoms with van der Waals surface area (Å²) in [7, 11) is 0. The number of halogens is 1. The van der Waals surface area contributed by atoms with Gasteiger partial charge in [0.25, 0.3) is 0 Å².